The second-order valence-corrected chi connectivity index (χ2v) is 9.78. The minimum atomic E-state index is -0.0336. The highest BCUT2D eigenvalue weighted by Crippen LogP contribution is 2.23. The first-order valence-electron chi connectivity index (χ1n) is 11.8. The van der Waals surface area contributed by atoms with E-state index < -0.39 is 0 Å². The Hall–Kier alpha value is -1.44. The topological polar surface area (TPSA) is 34.1 Å². The van der Waals surface area contributed by atoms with E-state index in [4.69, 9.17) is 0 Å². The summed E-state index contributed by atoms with van der Waals surface area (Å²) < 4.78 is 0. The zero-order valence-corrected chi connectivity index (χ0v) is 19.9. The molecule has 0 amide bonds. The number of allylic oxidation sites excluding steroid dienone is 6. The first kappa shape index (κ1) is 25.6. The van der Waals surface area contributed by atoms with Crippen LogP contribution < -0.4 is 0 Å². The van der Waals surface area contributed by atoms with Crippen molar-refractivity contribution >= 4 is 11.6 Å². The van der Waals surface area contributed by atoms with E-state index in [9.17, 15) is 9.59 Å². The van der Waals surface area contributed by atoms with Gasteiger partial charge in [0.05, 0.1) is 0 Å². The van der Waals surface area contributed by atoms with Crippen LogP contribution in [0.1, 0.15) is 106 Å². The normalized spacial score (nSPS) is 17.4. The Morgan fingerprint density at radius 2 is 1.34 bits per heavy atom. The molecule has 0 saturated carbocycles. The van der Waals surface area contributed by atoms with E-state index in [1.165, 1.54) is 69.1 Å². The fraction of sp³-hybridized carbons (Fsp3) is 0.704. The van der Waals surface area contributed by atoms with Crippen molar-refractivity contribution in [2.24, 2.45) is 17.8 Å². The van der Waals surface area contributed by atoms with Gasteiger partial charge in [-0.15, -0.1) is 0 Å². The summed E-state index contributed by atoms with van der Waals surface area (Å²) in [6.45, 7) is 13.3. The summed E-state index contributed by atoms with van der Waals surface area (Å²) in [6, 6.07) is 0. The van der Waals surface area contributed by atoms with Crippen LogP contribution >= 0.6 is 0 Å². The molecular formula is C27H44O2. The fourth-order valence-electron chi connectivity index (χ4n) is 4.05. The Morgan fingerprint density at radius 3 is 1.93 bits per heavy atom. The second-order valence-electron chi connectivity index (χ2n) is 9.78. The maximum atomic E-state index is 12.0. The molecule has 1 rings (SSSR count). The van der Waals surface area contributed by atoms with Crippen LogP contribution in [-0.2, 0) is 9.59 Å². The van der Waals surface area contributed by atoms with Gasteiger partial charge in [-0.05, 0) is 63.0 Å². The van der Waals surface area contributed by atoms with Crippen LogP contribution in [0, 0.1) is 17.8 Å². The first-order valence-corrected chi connectivity index (χ1v) is 11.8. The minimum Gasteiger partial charge on any atom is -0.290 e. The van der Waals surface area contributed by atoms with Gasteiger partial charge in [-0.25, -0.2) is 0 Å². The summed E-state index contributed by atoms with van der Waals surface area (Å²) in [4.78, 5) is 23.7. The molecule has 0 N–H and O–H groups in total. The highest BCUT2D eigenvalue weighted by Gasteiger charge is 2.17. The molecule has 1 aliphatic rings. The van der Waals surface area contributed by atoms with E-state index in [2.05, 4.69) is 40.7 Å². The van der Waals surface area contributed by atoms with Gasteiger partial charge in [0.1, 0.15) is 0 Å². The Bertz CT molecular complexity index is 618. The molecule has 0 aliphatic heterocycles. The summed E-state index contributed by atoms with van der Waals surface area (Å²) in [6.07, 6.45) is 17.3. The molecule has 1 aliphatic carbocycles. The number of hydrogen-bond donors (Lipinski definition) is 0. The van der Waals surface area contributed by atoms with E-state index >= 15 is 0 Å². The Labute approximate surface area is 179 Å². The highest BCUT2D eigenvalue weighted by atomic mass is 16.1. The molecule has 2 heteroatoms. The lowest BCUT2D eigenvalue weighted by Crippen LogP contribution is -2.12. The van der Waals surface area contributed by atoms with Crippen molar-refractivity contribution in [3.8, 4) is 0 Å². The molecular weight excluding hydrogens is 356 g/mol. The van der Waals surface area contributed by atoms with Crippen LogP contribution in [0.3, 0.4) is 0 Å². The monoisotopic (exact) mass is 400 g/mol. The molecule has 0 aromatic rings. The zero-order chi connectivity index (χ0) is 21.8. The lowest BCUT2D eigenvalue weighted by Gasteiger charge is -2.15. The van der Waals surface area contributed by atoms with E-state index in [1.54, 1.807) is 6.92 Å². The maximum absolute atomic E-state index is 12.0. The number of rotatable bonds is 14. The summed E-state index contributed by atoms with van der Waals surface area (Å²) in [5, 5.41) is 0. The number of hydrogen-bond acceptors (Lipinski definition) is 2. The van der Waals surface area contributed by atoms with Crippen molar-refractivity contribution < 1.29 is 9.59 Å². The van der Waals surface area contributed by atoms with Gasteiger partial charge < -0.3 is 0 Å². The van der Waals surface area contributed by atoms with Crippen molar-refractivity contribution in [2.45, 2.75) is 106 Å². The Kier molecular flexibility index (Phi) is 12.1. The lowest BCUT2D eigenvalue weighted by atomic mass is 9.91. The molecule has 2 nitrogen and oxygen atoms in total. The fourth-order valence-corrected chi connectivity index (χ4v) is 4.05. The largest absolute Gasteiger partial charge is 0.290 e. The number of carbonyl (C=O) groups excluding carboxylic acids is 2. The Morgan fingerprint density at radius 1 is 0.828 bits per heavy atom. The van der Waals surface area contributed by atoms with Crippen LogP contribution in [0.4, 0.5) is 0 Å². The molecule has 2 atom stereocenters. The molecule has 0 bridgehead atoms. The average Bonchev–Trinajstić information content (AvgIpc) is 2.64. The lowest BCUT2D eigenvalue weighted by molar-refractivity contribution is -0.115. The van der Waals surface area contributed by atoms with Gasteiger partial charge in [-0.1, -0.05) is 84.3 Å². The van der Waals surface area contributed by atoms with E-state index in [-0.39, 0.29) is 11.6 Å². The van der Waals surface area contributed by atoms with Crippen LogP contribution in [0.5, 0.6) is 0 Å². The summed E-state index contributed by atoms with van der Waals surface area (Å²) in [5.41, 5.74) is 2.59. The second kappa shape index (κ2) is 13.7. The van der Waals surface area contributed by atoms with Crippen LogP contribution in [0.15, 0.2) is 34.9 Å². The molecule has 0 fully saturated rings. The van der Waals surface area contributed by atoms with Crippen molar-refractivity contribution in [1.29, 1.82) is 0 Å². The molecule has 0 aromatic carbocycles. The van der Waals surface area contributed by atoms with E-state index in [1.807, 2.05) is 0 Å². The van der Waals surface area contributed by atoms with Crippen LogP contribution in [0.25, 0.3) is 0 Å². The smallest absolute Gasteiger partial charge is 0.182 e. The van der Waals surface area contributed by atoms with E-state index in [0.717, 1.165) is 24.2 Å². The van der Waals surface area contributed by atoms with Crippen molar-refractivity contribution in [1.82, 2.24) is 0 Å². The molecule has 0 aromatic heterocycles. The van der Waals surface area contributed by atoms with Gasteiger partial charge in [-0.3, -0.25) is 9.59 Å². The SMILES string of the molecule is CC1=C(C/C=C(\C)CCCC(C)CCCC(C)CCCC(C)C)C(=O)C=CC1=O. The molecule has 0 heterocycles. The van der Waals surface area contributed by atoms with Crippen LogP contribution in [0.2, 0.25) is 0 Å². The summed E-state index contributed by atoms with van der Waals surface area (Å²) in [7, 11) is 0. The predicted molar refractivity (Wildman–Crippen MR) is 125 cm³/mol. The van der Waals surface area contributed by atoms with E-state index in [0.29, 0.717) is 17.6 Å². The summed E-state index contributed by atoms with van der Waals surface area (Å²) in [5.74, 6) is 2.45. The molecule has 0 saturated heterocycles. The number of carbonyl (C=O) groups is 2. The van der Waals surface area contributed by atoms with Gasteiger partial charge in [0.15, 0.2) is 11.6 Å². The van der Waals surface area contributed by atoms with Gasteiger partial charge in [0, 0.05) is 11.1 Å². The first-order chi connectivity index (χ1) is 13.7. The standard InChI is InChI=1S/C27H44O2/c1-20(2)10-7-11-21(3)12-8-13-22(4)14-9-15-23(5)16-17-25-24(6)26(28)18-19-27(25)29/h16,18-22H,7-15,17H2,1-6H3/b23-16+. The Balaban J connectivity index is 2.21. The number of ketones is 2. The quantitative estimate of drug-likeness (QED) is 0.220. The summed E-state index contributed by atoms with van der Waals surface area (Å²) >= 11 is 0. The molecule has 29 heavy (non-hydrogen) atoms. The van der Waals surface area contributed by atoms with Crippen LogP contribution in [-0.4, -0.2) is 11.6 Å². The van der Waals surface area contributed by atoms with Gasteiger partial charge in [0.25, 0.3) is 0 Å². The minimum absolute atomic E-state index is 0.0155. The third-order valence-corrected chi connectivity index (χ3v) is 6.30. The van der Waals surface area contributed by atoms with Gasteiger partial charge in [-0.2, -0.15) is 0 Å². The molecule has 0 radical (unpaired) electrons. The average molecular weight is 401 g/mol. The van der Waals surface area contributed by atoms with Crippen molar-refractivity contribution in [3.05, 3.63) is 34.9 Å². The molecule has 0 spiro atoms. The van der Waals surface area contributed by atoms with Gasteiger partial charge >= 0.3 is 0 Å². The zero-order valence-electron chi connectivity index (χ0n) is 19.9. The third kappa shape index (κ3) is 10.8. The van der Waals surface area contributed by atoms with Gasteiger partial charge in [0.2, 0.25) is 0 Å². The van der Waals surface area contributed by atoms with Crippen molar-refractivity contribution in [2.75, 3.05) is 0 Å². The predicted octanol–water partition coefficient (Wildman–Crippen LogP) is 7.79. The highest BCUT2D eigenvalue weighted by molar-refractivity contribution is 6.19. The van der Waals surface area contributed by atoms with Crippen molar-refractivity contribution in [3.63, 3.8) is 0 Å². The maximum Gasteiger partial charge on any atom is 0.182 e. The third-order valence-electron chi connectivity index (χ3n) is 6.30. The molecule has 2 unspecified atom stereocenters. The molecule has 164 valence electrons.